The van der Waals surface area contributed by atoms with Gasteiger partial charge in [-0.3, -0.25) is 10.1 Å². The van der Waals surface area contributed by atoms with Gasteiger partial charge < -0.3 is 5.73 Å². The molecule has 0 radical (unpaired) electrons. The molecule has 1 fully saturated rings. The zero-order valence-electron chi connectivity index (χ0n) is 10.7. The topological polar surface area (TPSA) is 80.9 Å². The second kappa shape index (κ2) is 6.62. The van der Waals surface area contributed by atoms with Crippen molar-refractivity contribution in [1.29, 1.82) is 0 Å². The number of rotatable bonds is 5. The number of thiazole rings is 2. The Kier molecular flexibility index (Phi) is 5.09. The van der Waals surface area contributed by atoms with Gasteiger partial charge in [0.15, 0.2) is 5.13 Å². The summed E-state index contributed by atoms with van der Waals surface area (Å²) in [6.45, 7) is 0.547. The lowest BCUT2D eigenvalue weighted by molar-refractivity contribution is 0.102. The minimum atomic E-state index is -0.198. The molecule has 0 atom stereocenters. The van der Waals surface area contributed by atoms with E-state index in [4.69, 9.17) is 5.73 Å². The minimum Gasteiger partial charge on any atom is -0.330 e. The molecule has 1 saturated carbocycles. The first-order valence-electron chi connectivity index (χ1n) is 6.17. The van der Waals surface area contributed by atoms with Crippen molar-refractivity contribution < 1.29 is 4.79 Å². The zero-order chi connectivity index (χ0) is 13.2. The average Bonchev–Trinajstić information content (AvgIpc) is 2.96. The van der Waals surface area contributed by atoms with E-state index in [9.17, 15) is 4.79 Å². The van der Waals surface area contributed by atoms with E-state index in [2.05, 4.69) is 15.3 Å². The third-order valence-electron chi connectivity index (χ3n) is 2.88. The lowest BCUT2D eigenvalue weighted by atomic mass is 10.3. The quantitative estimate of drug-likeness (QED) is 0.883. The van der Waals surface area contributed by atoms with E-state index in [1.165, 1.54) is 35.5 Å². The summed E-state index contributed by atoms with van der Waals surface area (Å²) in [4.78, 5) is 20.7. The van der Waals surface area contributed by atoms with Crippen molar-refractivity contribution in [3.05, 3.63) is 27.2 Å². The van der Waals surface area contributed by atoms with Crippen molar-refractivity contribution in [1.82, 2.24) is 9.97 Å². The number of anilines is 1. The molecule has 0 spiro atoms. The summed E-state index contributed by atoms with van der Waals surface area (Å²) >= 11 is 2.93. The summed E-state index contributed by atoms with van der Waals surface area (Å²) < 4.78 is 0. The van der Waals surface area contributed by atoms with Crippen LogP contribution in [0.25, 0.3) is 0 Å². The molecule has 108 valence electrons. The lowest BCUT2D eigenvalue weighted by Crippen LogP contribution is -2.12. The molecule has 0 aliphatic heterocycles. The van der Waals surface area contributed by atoms with Gasteiger partial charge in [-0.2, -0.15) is 0 Å². The molecular weight excluding hydrogens is 316 g/mol. The van der Waals surface area contributed by atoms with Gasteiger partial charge in [0.25, 0.3) is 5.91 Å². The van der Waals surface area contributed by atoms with Crippen LogP contribution in [-0.2, 0) is 6.42 Å². The first-order chi connectivity index (χ1) is 9.26. The number of nitrogens with one attached hydrogen (secondary N) is 1. The van der Waals surface area contributed by atoms with E-state index < -0.39 is 0 Å². The highest BCUT2D eigenvalue weighted by Gasteiger charge is 2.26. The molecule has 2 aromatic heterocycles. The number of hydrogen-bond acceptors (Lipinski definition) is 6. The van der Waals surface area contributed by atoms with Gasteiger partial charge >= 0.3 is 0 Å². The fraction of sp³-hybridized carbons (Fsp3) is 0.417. The van der Waals surface area contributed by atoms with Crippen molar-refractivity contribution in [2.45, 2.75) is 25.2 Å². The van der Waals surface area contributed by atoms with E-state index in [1.807, 2.05) is 5.38 Å². The second-order valence-corrected chi connectivity index (χ2v) is 6.27. The lowest BCUT2D eigenvalue weighted by Gasteiger charge is -1.97. The predicted octanol–water partition coefficient (Wildman–Crippen LogP) is 2.65. The van der Waals surface area contributed by atoms with Crippen LogP contribution in [-0.4, -0.2) is 22.4 Å². The van der Waals surface area contributed by atoms with Crippen molar-refractivity contribution in [2.75, 3.05) is 11.9 Å². The number of nitrogens with zero attached hydrogens (tertiary/aromatic N) is 2. The molecule has 5 nitrogen and oxygen atoms in total. The zero-order valence-corrected chi connectivity index (χ0v) is 13.1. The summed E-state index contributed by atoms with van der Waals surface area (Å²) in [5, 5.41) is 8.13. The van der Waals surface area contributed by atoms with Gasteiger partial charge in [0.05, 0.1) is 10.7 Å². The maximum absolute atomic E-state index is 12.0. The van der Waals surface area contributed by atoms with Crippen LogP contribution in [0.4, 0.5) is 5.13 Å². The molecular formula is C12H15ClN4OS2. The van der Waals surface area contributed by atoms with E-state index in [-0.39, 0.29) is 18.3 Å². The monoisotopic (exact) mass is 330 g/mol. The Labute approximate surface area is 131 Å². The van der Waals surface area contributed by atoms with Gasteiger partial charge in [-0.15, -0.1) is 35.1 Å². The standard InChI is InChI=1S/C12H14N4OS2.ClH/c13-4-3-10-14-9(6-18-10)11(17)16-12-15-8(5-19-12)7-1-2-7;/h5-7H,1-4,13H2,(H,15,16,17);1H. The SMILES string of the molecule is Cl.NCCc1nc(C(=O)Nc2nc(C3CC3)cs2)cs1. The molecule has 20 heavy (non-hydrogen) atoms. The summed E-state index contributed by atoms with van der Waals surface area (Å²) in [5.41, 5.74) is 7.00. The normalized spacial score (nSPS) is 13.8. The van der Waals surface area contributed by atoms with Gasteiger partial charge in [-0.25, -0.2) is 9.97 Å². The highest BCUT2D eigenvalue weighted by atomic mass is 35.5. The Morgan fingerprint density at radius 3 is 2.85 bits per heavy atom. The molecule has 8 heteroatoms. The second-order valence-electron chi connectivity index (χ2n) is 4.47. The molecule has 3 rings (SSSR count). The Morgan fingerprint density at radius 2 is 2.15 bits per heavy atom. The van der Waals surface area contributed by atoms with E-state index in [1.54, 1.807) is 5.38 Å². The Bertz CT molecular complexity index is 594. The van der Waals surface area contributed by atoms with Gasteiger partial charge in [-0.1, -0.05) is 0 Å². The molecule has 0 aromatic carbocycles. The van der Waals surface area contributed by atoms with Gasteiger partial charge in [0.1, 0.15) is 5.69 Å². The minimum absolute atomic E-state index is 0. The summed E-state index contributed by atoms with van der Waals surface area (Å²) in [6.07, 6.45) is 3.14. The van der Waals surface area contributed by atoms with E-state index >= 15 is 0 Å². The highest BCUT2D eigenvalue weighted by Crippen LogP contribution is 2.40. The van der Waals surface area contributed by atoms with E-state index in [0.29, 0.717) is 29.7 Å². The number of hydrogen-bond donors (Lipinski definition) is 2. The van der Waals surface area contributed by atoms with Gasteiger partial charge in [0, 0.05) is 23.1 Å². The number of carbonyl (C=O) groups excluding carboxylic acids is 1. The first-order valence-corrected chi connectivity index (χ1v) is 7.93. The Balaban J connectivity index is 0.00000147. The summed E-state index contributed by atoms with van der Waals surface area (Å²) in [6, 6.07) is 0. The average molecular weight is 331 g/mol. The first kappa shape index (κ1) is 15.4. The molecule has 0 unspecified atom stereocenters. The molecule has 1 amide bonds. The number of nitrogens with two attached hydrogens (primary N) is 1. The molecule has 0 bridgehead atoms. The molecule has 1 aliphatic carbocycles. The Morgan fingerprint density at radius 1 is 1.35 bits per heavy atom. The number of aromatic nitrogens is 2. The van der Waals surface area contributed by atoms with Crippen LogP contribution >= 0.6 is 35.1 Å². The number of carbonyl (C=O) groups is 1. The predicted molar refractivity (Wildman–Crippen MR) is 84.2 cm³/mol. The van der Waals surface area contributed by atoms with E-state index in [0.717, 1.165) is 10.7 Å². The third kappa shape index (κ3) is 3.54. The van der Waals surface area contributed by atoms with Crippen LogP contribution in [0.1, 0.15) is 39.9 Å². The maximum Gasteiger partial charge on any atom is 0.276 e. The van der Waals surface area contributed by atoms with Crippen molar-refractivity contribution in [3.8, 4) is 0 Å². The largest absolute Gasteiger partial charge is 0.330 e. The number of halogens is 1. The van der Waals surface area contributed by atoms with Crippen LogP contribution in [0.2, 0.25) is 0 Å². The molecule has 3 N–H and O–H groups in total. The van der Waals surface area contributed by atoms with Crippen LogP contribution < -0.4 is 11.1 Å². The third-order valence-corrected chi connectivity index (χ3v) is 4.57. The molecule has 1 aliphatic rings. The maximum atomic E-state index is 12.0. The highest BCUT2D eigenvalue weighted by molar-refractivity contribution is 7.14. The van der Waals surface area contributed by atoms with Crippen LogP contribution in [0.15, 0.2) is 10.8 Å². The molecule has 0 saturated heterocycles. The van der Waals surface area contributed by atoms with Gasteiger partial charge in [0.2, 0.25) is 0 Å². The molecule has 2 heterocycles. The summed E-state index contributed by atoms with van der Waals surface area (Å²) in [5.74, 6) is 0.411. The van der Waals surface area contributed by atoms with Crippen molar-refractivity contribution in [3.63, 3.8) is 0 Å². The van der Waals surface area contributed by atoms with Crippen LogP contribution in [0.5, 0.6) is 0 Å². The summed E-state index contributed by atoms with van der Waals surface area (Å²) in [7, 11) is 0. The van der Waals surface area contributed by atoms with Crippen LogP contribution in [0, 0.1) is 0 Å². The fourth-order valence-corrected chi connectivity index (χ4v) is 3.31. The van der Waals surface area contributed by atoms with Crippen LogP contribution in [0.3, 0.4) is 0 Å². The van der Waals surface area contributed by atoms with Crippen molar-refractivity contribution in [2.24, 2.45) is 5.73 Å². The Hall–Kier alpha value is -1.02. The fourth-order valence-electron chi connectivity index (χ4n) is 1.72. The molecule has 2 aromatic rings. The number of amides is 1. The van der Waals surface area contributed by atoms with Crippen molar-refractivity contribution >= 4 is 46.1 Å². The van der Waals surface area contributed by atoms with Gasteiger partial charge in [-0.05, 0) is 19.4 Å². The smallest absolute Gasteiger partial charge is 0.276 e.